The van der Waals surface area contributed by atoms with E-state index >= 15 is 0 Å². The van der Waals surface area contributed by atoms with E-state index in [-0.39, 0.29) is 12.3 Å². The molecule has 2 rings (SSSR count). The van der Waals surface area contributed by atoms with Crippen LogP contribution in [0.5, 0.6) is 0 Å². The number of ether oxygens (including phenoxy) is 1. The van der Waals surface area contributed by atoms with Gasteiger partial charge in [0.25, 0.3) is 0 Å². The predicted octanol–water partition coefficient (Wildman–Crippen LogP) is -0.503. The summed E-state index contributed by atoms with van der Waals surface area (Å²) in [4.78, 5) is 23.3. The van der Waals surface area contributed by atoms with Crippen molar-refractivity contribution in [2.75, 3.05) is 25.6 Å². The van der Waals surface area contributed by atoms with Gasteiger partial charge in [0, 0.05) is 18.2 Å². The van der Waals surface area contributed by atoms with E-state index in [0.717, 1.165) is 10.8 Å². The summed E-state index contributed by atoms with van der Waals surface area (Å²) in [6, 6.07) is 12.3. The van der Waals surface area contributed by atoms with Crippen LogP contribution >= 0.6 is 0 Å². The van der Waals surface area contributed by atoms with Crippen molar-refractivity contribution in [3.63, 3.8) is 0 Å². The van der Waals surface area contributed by atoms with E-state index in [2.05, 4.69) is 5.32 Å². The second-order valence-corrected chi connectivity index (χ2v) is 5.22. The number of fused-ring (bicyclic) bond motifs is 1. The van der Waals surface area contributed by atoms with Crippen molar-refractivity contribution in [2.24, 2.45) is 0 Å². The molecule has 0 spiro atoms. The predicted molar refractivity (Wildman–Crippen MR) is 84.7 cm³/mol. The van der Waals surface area contributed by atoms with Gasteiger partial charge in [-0.15, -0.1) is 0 Å². The number of anilines is 1. The van der Waals surface area contributed by atoms with E-state index in [4.69, 9.17) is 4.74 Å². The van der Waals surface area contributed by atoms with E-state index in [1.165, 1.54) is 7.11 Å². The number of carbonyl (C=O) groups excluding carboxylic acids is 2. The number of quaternary nitrogens is 1. The summed E-state index contributed by atoms with van der Waals surface area (Å²) in [6.07, 6.45) is -0.157. The van der Waals surface area contributed by atoms with Crippen LogP contribution in [0.25, 0.3) is 10.8 Å². The highest BCUT2D eigenvalue weighted by atomic mass is 16.5. The number of methoxy groups -OCH3 is 1. The summed E-state index contributed by atoms with van der Waals surface area (Å²) in [5, 5.41) is 17.4. The first kappa shape index (κ1) is 16.9. The van der Waals surface area contributed by atoms with E-state index < -0.39 is 12.0 Å². The Morgan fingerprint density at radius 3 is 2.70 bits per heavy atom. The van der Waals surface area contributed by atoms with Gasteiger partial charge in [-0.2, -0.15) is 0 Å². The fourth-order valence-corrected chi connectivity index (χ4v) is 2.39. The molecule has 0 aromatic heterocycles. The molecule has 3 N–H and O–H groups in total. The highest BCUT2D eigenvalue weighted by Gasteiger charge is 2.18. The molecule has 0 unspecified atom stereocenters. The lowest BCUT2D eigenvalue weighted by Gasteiger charge is -2.16. The van der Waals surface area contributed by atoms with E-state index in [1.807, 2.05) is 36.4 Å². The Balaban J connectivity index is 2.03. The Morgan fingerprint density at radius 2 is 1.96 bits per heavy atom. The van der Waals surface area contributed by atoms with Gasteiger partial charge in [0.2, 0.25) is 5.91 Å². The molecule has 0 saturated carbocycles. The number of carbonyl (C=O) groups is 2. The number of nitrogens with two attached hydrogens (primary N) is 1. The molecule has 23 heavy (non-hydrogen) atoms. The first-order valence-electron chi connectivity index (χ1n) is 7.42. The molecule has 0 fully saturated rings. The molecule has 0 bridgehead atoms. The third-order valence-corrected chi connectivity index (χ3v) is 3.54. The molecule has 6 nitrogen and oxygen atoms in total. The van der Waals surface area contributed by atoms with Crippen LogP contribution < -0.4 is 15.7 Å². The molecule has 0 aliphatic rings. The highest BCUT2D eigenvalue weighted by molar-refractivity contribution is 6.02. The Labute approximate surface area is 134 Å². The van der Waals surface area contributed by atoms with Gasteiger partial charge in [-0.05, 0) is 11.5 Å². The van der Waals surface area contributed by atoms with Crippen molar-refractivity contribution in [2.45, 2.75) is 12.5 Å². The van der Waals surface area contributed by atoms with Crippen molar-refractivity contribution in [3.8, 4) is 0 Å². The molecule has 2 aromatic carbocycles. The van der Waals surface area contributed by atoms with Gasteiger partial charge in [-0.25, -0.2) is 0 Å². The quantitative estimate of drug-likeness (QED) is 0.642. The lowest BCUT2D eigenvalue weighted by Crippen LogP contribution is -2.94. The van der Waals surface area contributed by atoms with Gasteiger partial charge in [0.15, 0.2) is 0 Å². The second kappa shape index (κ2) is 8.26. The maximum absolute atomic E-state index is 12.2. The molecule has 2 aromatic rings. The smallest absolute Gasteiger partial charge is 0.230 e. The molecular weight excluding hydrogens is 296 g/mol. The minimum absolute atomic E-state index is 0.157. The average Bonchev–Trinajstić information content (AvgIpc) is 2.54. The molecular formula is C17H20N2O4. The maximum atomic E-state index is 12.2. The Bertz CT molecular complexity index is 682. The van der Waals surface area contributed by atoms with Gasteiger partial charge in [-0.1, -0.05) is 36.4 Å². The third kappa shape index (κ3) is 4.77. The molecule has 122 valence electrons. The minimum Gasteiger partial charge on any atom is -0.544 e. The first-order valence-corrected chi connectivity index (χ1v) is 7.42. The van der Waals surface area contributed by atoms with Crippen LogP contribution in [0.15, 0.2) is 42.5 Å². The molecule has 6 heteroatoms. The number of amides is 1. The summed E-state index contributed by atoms with van der Waals surface area (Å²) < 4.78 is 4.88. The fourth-order valence-electron chi connectivity index (χ4n) is 2.39. The molecule has 1 amide bonds. The summed E-state index contributed by atoms with van der Waals surface area (Å²) >= 11 is 0. The van der Waals surface area contributed by atoms with Gasteiger partial charge in [0.05, 0.1) is 25.5 Å². The zero-order valence-electron chi connectivity index (χ0n) is 13.0. The topological polar surface area (TPSA) is 95.1 Å². The normalized spacial score (nSPS) is 12.0. The van der Waals surface area contributed by atoms with Crippen LogP contribution in [0.4, 0.5) is 5.69 Å². The van der Waals surface area contributed by atoms with Crippen LogP contribution in [0.1, 0.15) is 6.42 Å². The Kier molecular flexibility index (Phi) is 6.08. The van der Waals surface area contributed by atoms with Crippen LogP contribution in [0, 0.1) is 0 Å². The monoisotopic (exact) mass is 316 g/mol. The van der Waals surface area contributed by atoms with Gasteiger partial charge >= 0.3 is 0 Å². The molecule has 0 heterocycles. The Morgan fingerprint density at radius 1 is 1.22 bits per heavy atom. The summed E-state index contributed by atoms with van der Waals surface area (Å²) in [5.41, 5.74) is 0.669. The highest BCUT2D eigenvalue weighted by Crippen LogP contribution is 2.22. The Hall–Kier alpha value is -2.44. The first-order chi connectivity index (χ1) is 11.1. The van der Waals surface area contributed by atoms with Gasteiger partial charge in [0.1, 0.15) is 6.04 Å². The van der Waals surface area contributed by atoms with Crippen molar-refractivity contribution >= 4 is 28.3 Å². The number of rotatable bonds is 8. The maximum Gasteiger partial charge on any atom is 0.230 e. The molecule has 0 aliphatic carbocycles. The average molecular weight is 316 g/mol. The molecule has 1 atom stereocenters. The van der Waals surface area contributed by atoms with Crippen LogP contribution in [0.2, 0.25) is 0 Å². The largest absolute Gasteiger partial charge is 0.544 e. The zero-order chi connectivity index (χ0) is 16.7. The van der Waals surface area contributed by atoms with Crippen molar-refractivity contribution < 1.29 is 24.7 Å². The number of hydrogen-bond acceptors (Lipinski definition) is 4. The zero-order valence-corrected chi connectivity index (χ0v) is 13.0. The third-order valence-electron chi connectivity index (χ3n) is 3.54. The fraction of sp³-hybridized carbons (Fsp3) is 0.294. The van der Waals surface area contributed by atoms with Crippen molar-refractivity contribution in [3.05, 3.63) is 42.5 Å². The number of benzene rings is 2. The van der Waals surface area contributed by atoms with Gasteiger partial charge in [-0.3, -0.25) is 4.79 Å². The van der Waals surface area contributed by atoms with Crippen LogP contribution in [-0.4, -0.2) is 38.2 Å². The summed E-state index contributed by atoms with van der Waals surface area (Å²) in [7, 11) is 1.54. The SMILES string of the molecule is COCC[NH2+][C@H](CC(=O)Nc1cccc2ccccc12)C(=O)[O-]. The lowest BCUT2D eigenvalue weighted by molar-refractivity contribution is -0.683. The summed E-state index contributed by atoms with van der Waals surface area (Å²) in [6.45, 7) is 0.866. The molecule has 0 saturated heterocycles. The molecule has 0 aliphatic heterocycles. The standard InChI is InChI=1S/C17H20N2O4/c1-23-10-9-18-15(17(21)22)11-16(20)19-14-8-4-6-12-5-2-3-7-13(12)14/h2-8,15,18H,9-11H2,1H3,(H,19,20)(H,21,22)/t15-/m1/s1. The van der Waals surface area contributed by atoms with E-state index in [1.54, 1.807) is 11.4 Å². The second-order valence-electron chi connectivity index (χ2n) is 5.22. The summed E-state index contributed by atoms with van der Waals surface area (Å²) in [5.74, 6) is -1.61. The van der Waals surface area contributed by atoms with E-state index in [0.29, 0.717) is 18.8 Å². The number of nitrogens with one attached hydrogen (secondary N) is 1. The van der Waals surface area contributed by atoms with Crippen LogP contribution in [0.3, 0.4) is 0 Å². The number of carboxylic acid groups (broad SMARTS) is 1. The lowest BCUT2D eigenvalue weighted by atomic mass is 10.1. The number of carboxylic acids is 1. The number of hydrogen-bond donors (Lipinski definition) is 2. The van der Waals surface area contributed by atoms with Gasteiger partial charge < -0.3 is 25.3 Å². The van der Waals surface area contributed by atoms with E-state index in [9.17, 15) is 14.7 Å². The number of aliphatic carboxylic acids is 1. The van der Waals surface area contributed by atoms with Crippen molar-refractivity contribution in [1.82, 2.24) is 0 Å². The minimum atomic E-state index is -1.26. The molecule has 0 radical (unpaired) electrons. The van der Waals surface area contributed by atoms with Crippen LogP contribution in [-0.2, 0) is 14.3 Å². The van der Waals surface area contributed by atoms with Crippen molar-refractivity contribution in [1.29, 1.82) is 0 Å².